The van der Waals surface area contributed by atoms with E-state index in [0.717, 1.165) is 4.90 Å². The Balaban J connectivity index is 1.38. The summed E-state index contributed by atoms with van der Waals surface area (Å²) in [6.45, 7) is -0.572. The summed E-state index contributed by atoms with van der Waals surface area (Å²) < 4.78 is 72.0. The highest BCUT2D eigenvalue weighted by Crippen LogP contribution is 2.58. The van der Waals surface area contributed by atoms with E-state index >= 15 is 0 Å². The van der Waals surface area contributed by atoms with Gasteiger partial charge in [0, 0.05) is 38.4 Å². The van der Waals surface area contributed by atoms with E-state index in [9.17, 15) is 31.5 Å². The fourth-order valence-corrected chi connectivity index (χ4v) is 4.39. The van der Waals surface area contributed by atoms with Crippen molar-refractivity contribution < 1.29 is 36.1 Å². The molecule has 1 aromatic heterocycles. The number of nitrogens with zero attached hydrogens (tertiary/aromatic N) is 4. The summed E-state index contributed by atoms with van der Waals surface area (Å²) in [4.78, 5) is 31.0. The number of alkyl halides is 5. The van der Waals surface area contributed by atoms with Crippen LogP contribution in [0.4, 0.5) is 22.0 Å². The first-order valence-electron chi connectivity index (χ1n) is 10.5. The molecule has 1 aliphatic carbocycles. The Labute approximate surface area is 180 Å². The van der Waals surface area contributed by atoms with Crippen molar-refractivity contribution in [2.75, 3.05) is 19.6 Å². The van der Waals surface area contributed by atoms with Crippen LogP contribution in [0.15, 0.2) is 4.52 Å². The first kappa shape index (κ1) is 22.9. The van der Waals surface area contributed by atoms with Crippen molar-refractivity contribution in [1.82, 2.24) is 19.9 Å². The molecule has 178 valence electrons. The Kier molecular flexibility index (Phi) is 5.66. The third-order valence-corrected chi connectivity index (χ3v) is 6.39. The Morgan fingerprint density at radius 1 is 1.28 bits per heavy atom. The Bertz CT molecular complexity index is 885. The summed E-state index contributed by atoms with van der Waals surface area (Å²) in [6.07, 6.45) is -4.66. The van der Waals surface area contributed by atoms with Crippen molar-refractivity contribution >= 4 is 11.8 Å². The number of likely N-dealkylation sites (tertiary alicyclic amines) is 2. The van der Waals surface area contributed by atoms with Gasteiger partial charge in [0.15, 0.2) is 5.82 Å². The molecule has 2 atom stereocenters. The Morgan fingerprint density at radius 2 is 2.00 bits per heavy atom. The highest BCUT2D eigenvalue weighted by molar-refractivity contribution is 5.79. The van der Waals surface area contributed by atoms with Gasteiger partial charge in [0.05, 0.1) is 12.6 Å². The standard InChI is InChI=1S/C19H24F5N5O3/c20-18(21)4-3-13(30)28(10-18)9-11(25)8-14(31)29-7-1-2-12(29)15-26-16(32-27-15)17(5-6-17)19(22,23)24/h11-12H,1-10,25H2/t11-,12-/m0/s1. The van der Waals surface area contributed by atoms with Crippen LogP contribution in [0.2, 0.25) is 0 Å². The van der Waals surface area contributed by atoms with Crippen molar-refractivity contribution in [2.24, 2.45) is 5.73 Å². The number of piperidine rings is 1. The Morgan fingerprint density at radius 3 is 2.66 bits per heavy atom. The summed E-state index contributed by atoms with van der Waals surface area (Å²) in [5, 5.41) is 3.70. The number of amides is 2. The molecule has 3 aliphatic rings. The van der Waals surface area contributed by atoms with Gasteiger partial charge in [-0.3, -0.25) is 9.59 Å². The summed E-state index contributed by atoms with van der Waals surface area (Å²) >= 11 is 0. The van der Waals surface area contributed by atoms with Crippen molar-refractivity contribution in [3.05, 3.63) is 11.7 Å². The second-order valence-electron chi connectivity index (χ2n) is 8.88. The number of hydrogen-bond donors (Lipinski definition) is 1. The average Bonchev–Trinajstić information content (AvgIpc) is 3.14. The molecule has 3 heterocycles. The first-order valence-corrected chi connectivity index (χ1v) is 10.5. The third kappa shape index (κ3) is 4.30. The van der Waals surface area contributed by atoms with Gasteiger partial charge in [-0.15, -0.1) is 0 Å². The van der Waals surface area contributed by atoms with E-state index < -0.39 is 60.3 Å². The lowest BCUT2D eigenvalue weighted by molar-refractivity contribution is -0.166. The normalized spacial score (nSPS) is 25.8. The molecular weight excluding hydrogens is 441 g/mol. The van der Waals surface area contributed by atoms with Gasteiger partial charge in [-0.2, -0.15) is 18.2 Å². The average molecular weight is 465 g/mol. The van der Waals surface area contributed by atoms with Crippen LogP contribution in [0.25, 0.3) is 0 Å². The predicted octanol–water partition coefficient (Wildman–Crippen LogP) is 2.30. The number of halogens is 5. The SMILES string of the molecule is N[C@@H](CC(=O)N1CCC[C@H]1c1noc(C2(C(F)(F)F)CC2)n1)CN1CC(F)(F)CCC1=O. The molecule has 2 aliphatic heterocycles. The monoisotopic (exact) mass is 465 g/mol. The molecule has 0 radical (unpaired) electrons. The van der Waals surface area contributed by atoms with Crippen LogP contribution in [-0.4, -0.2) is 69.5 Å². The maximum Gasteiger partial charge on any atom is 0.403 e. The van der Waals surface area contributed by atoms with E-state index in [4.69, 9.17) is 10.3 Å². The lowest BCUT2D eigenvalue weighted by Crippen LogP contribution is -2.51. The van der Waals surface area contributed by atoms with E-state index in [2.05, 4.69) is 10.1 Å². The lowest BCUT2D eigenvalue weighted by Gasteiger charge is -2.34. The molecule has 2 saturated heterocycles. The predicted molar refractivity (Wildman–Crippen MR) is 98.3 cm³/mol. The smallest absolute Gasteiger partial charge is 0.338 e. The number of nitrogens with two attached hydrogens (primary N) is 1. The van der Waals surface area contributed by atoms with Gasteiger partial charge in [0.25, 0.3) is 5.92 Å². The largest absolute Gasteiger partial charge is 0.403 e. The number of hydrogen-bond acceptors (Lipinski definition) is 6. The maximum absolute atomic E-state index is 13.6. The number of carbonyl (C=O) groups is 2. The number of carbonyl (C=O) groups excluding carboxylic acids is 2. The molecule has 32 heavy (non-hydrogen) atoms. The van der Waals surface area contributed by atoms with Gasteiger partial charge >= 0.3 is 6.18 Å². The van der Waals surface area contributed by atoms with Gasteiger partial charge in [0.1, 0.15) is 5.41 Å². The molecule has 2 N–H and O–H groups in total. The van der Waals surface area contributed by atoms with Crippen LogP contribution in [0.1, 0.15) is 62.7 Å². The molecule has 4 rings (SSSR count). The fraction of sp³-hybridized carbons (Fsp3) is 0.789. The van der Waals surface area contributed by atoms with Crippen molar-refractivity contribution in [3.8, 4) is 0 Å². The highest BCUT2D eigenvalue weighted by Gasteiger charge is 2.68. The molecular formula is C19H24F5N5O3. The van der Waals surface area contributed by atoms with Crippen LogP contribution >= 0.6 is 0 Å². The molecule has 8 nitrogen and oxygen atoms in total. The van der Waals surface area contributed by atoms with E-state index in [1.807, 2.05) is 0 Å². The summed E-state index contributed by atoms with van der Waals surface area (Å²) in [5.41, 5.74) is 3.86. The first-order chi connectivity index (χ1) is 14.9. The van der Waals surface area contributed by atoms with Gasteiger partial charge in [-0.05, 0) is 25.7 Å². The van der Waals surface area contributed by atoms with E-state index in [1.54, 1.807) is 0 Å². The highest BCUT2D eigenvalue weighted by atomic mass is 19.4. The van der Waals surface area contributed by atoms with Crippen LogP contribution < -0.4 is 5.73 Å². The molecule has 13 heteroatoms. The molecule has 0 unspecified atom stereocenters. The Hall–Kier alpha value is -2.31. The zero-order valence-electron chi connectivity index (χ0n) is 17.2. The number of rotatable bonds is 6. The van der Waals surface area contributed by atoms with Gasteiger partial charge in [-0.1, -0.05) is 5.16 Å². The zero-order chi connectivity index (χ0) is 23.3. The molecule has 0 aromatic carbocycles. The minimum absolute atomic E-state index is 0.0146. The summed E-state index contributed by atoms with van der Waals surface area (Å²) in [6, 6.07) is -1.50. The van der Waals surface area contributed by atoms with Crippen molar-refractivity contribution in [3.63, 3.8) is 0 Å². The fourth-order valence-electron chi connectivity index (χ4n) is 4.39. The minimum atomic E-state index is -4.49. The second-order valence-corrected chi connectivity index (χ2v) is 8.88. The second kappa shape index (κ2) is 7.92. The van der Waals surface area contributed by atoms with Crippen LogP contribution in [-0.2, 0) is 15.0 Å². The van der Waals surface area contributed by atoms with E-state index in [1.165, 1.54) is 4.90 Å². The molecule has 0 spiro atoms. The summed E-state index contributed by atoms with van der Waals surface area (Å²) in [7, 11) is 0. The maximum atomic E-state index is 13.6. The van der Waals surface area contributed by atoms with Gasteiger partial charge in [-0.25, -0.2) is 8.78 Å². The molecule has 1 saturated carbocycles. The third-order valence-electron chi connectivity index (χ3n) is 6.39. The van der Waals surface area contributed by atoms with Crippen LogP contribution in [0, 0.1) is 0 Å². The zero-order valence-corrected chi connectivity index (χ0v) is 17.2. The van der Waals surface area contributed by atoms with Crippen molar-refractivity contribution in [1.29, 1.82) is 0 Å². The molecule has 1 aromatic rings. The lowest BCUT2D eigenvalue weighted by atomic mass is 10.0. The van der Waals surface area contributed by atoms with E-state index in [0.29, 0.717) is 19.4 Å². The number of aromatic nitrogens is 2. The van der Waals surface area contributed by atoms with E-state index in [-0.39, 0.29) is 38.1 Å². The van der Waals surface area contributed by atoms with Crippen LogP contribution in [0.5, 0.6) is 0 Å². The molecule has 2 amide bonds. The minimum Gasteiger partial charge on any atom is -0.338 e. The summed E-state index contributed by atoms with van der Waals surface area (Å²) in [5.74, 6) is -4.29. The molecule has 3 fully saturated rings. The van der Waals surface area contributed by atoms with Crippen molar-refractivity contribution in [2.45, 2.75) is 74.5 Å². The quantitative estimate of drug-likeness (QED) is 0.647. The van der Waals surface area contributed by atoms with Gasteiger partial charge in [0.2, 0.25) is 17.7 Å². The van der Waals surface area contributed by atoms with Gasteiger partial charge < -0.3 is 20.1 Å². The topological polar surface area (TPSA) is 106 Å². The molecule has 0 bridgehead atoms. The van der Waals surface area contributed by atoms with Crippen LogP contribution in [0.3, 0.4) is 0 Å².